The molecule has 0 saturated carbocycles. The number of nitrogens with zero attached hydrogens (tertiary/aromatic N) is 2. The van der Waals surface area contributed by atoms with Gasteiger partial charge in [-0.05, 0) is 33.2 Å². The summed E-state index contributed by atoms with van der Waals surface area (Å²) in [4.78, 5) is 4.48. The van der Waals surface area contributed by atoms with Crippen molar-refractivity contribution in [3.8, 4) is 5.75 Å². The number of hydrogen-bond donors (Lipinski definition) is 0. The Hall–Kier alpha value is -1.91. The Morgan fingerprint density at radius 1 is 1.21 bits per heavy atom. The molecule has 0 aromatic heterocycles. The van der Waals surface area contributed by atoms with Crippen molar-refractivity contribution in [2.24, 2.45) is 0 Å². The summed E-state index contributed by atoms with van der Waals surface area (Å²) in [5.74, 6) is 0.802. The zero-order valence-electron chi connectivity index (χ0n) is 14.6. The Labute approximate surface area is 143 Å². The van der Waals surface area contributed by atoms with Crippen LogP contribution >= 0.6 is 0 Å². The van der Waals surface area contributed by atoms with E-state index in [0.717, 1.165) is 24.4 Å². The maximum absolute atomic E-state index is 14.1. The highest BCUT2D eigenvalue weighted by Crippen LogP contribution is 2.27. The lowest BCUT2D eigenvalue weighted by Gasteiger charge is -2.31. The second-order valence-electron chi connectivity index (χ2n) is 6.83. The van der Waals surface area contributed by atoms with Crippen LogP contribution in [-0.2, 0) is 13.1 Å². The molecular formula is C20H25FN2O. The van der Waals surface area contributed by atoms with Crippen LogP contribution in [0.2, 0.25) is 0 Å². The minimum absolute atomic E-state index is 0.143. The van der Waals surface area contributed by atoms with Gasteiger partial charge in [-0.15, -0.1) is 0 Å². The first-order chi connectivity index (χ1) is 11.5. The number of fused-ring (bicyclic) bond motifs is 1. The molecule has 1 heterocycles. The Bertz CT molecular complexity index is 702. The smallest absolute Gasteiger partial charge is 0.127 e. The largest absolute Gasteiger partial charge is 0.492 e. The average Bonchev–Trinajstić information content (AvgIpc) is 2.69. The molecule has 3 rings (SSSR count). The third kappa shape index (κ3) is 3.94. The van der Waals surface area contributed by atoms with E-state index >= 15 is 0 Å². The minimum atomic E-state index is -0.143. The summed E-state index contributed by atoms with van der Waals surface area (Å²) in [5.41, 5.74) is 3.12. The molecule has 0 saturated heterocycles. The molecule has 1 aliphatic heterocycles. The average molecular weight is 328 g/mol. The number of ether oxygens (including phenoxy) is 1. The molecule has 1 aliphatic rings. The van der Waals surface area contributed by atoms with Crippen molar-refractivity contribution in [2.45, 2.75) is 26.1 Å². The first-order valence-corrected chi connectivity index (χ1v) is 8.37. The third-order valence-corrected chi connectivity index (χ3v) is 4.44. The van der Waals surface area contributed by atoms with Gasteiger partial charge in [0.05, 0.1) is 6.04 Å². The van der Waals surface area contributed by atoms with Gasteiger partial charge in [-0.1, -0.05) is 35.9 Å². The lowest BCUT2D eigenvalue weighted by atomic mass is 10.1. The topological polar surface area (TPSA) is 15.7 Å². The molecule has 0 fully saturated rings. The Balaban J connectivity index is 1.89. The molecule has 2 aromatic rings. The van der Waals surface area contributed by atoms with Gasteiger partial charge >= 0.3 is 0 Å². The number of likely N-dealkylation sites (N-methyl/N-ethyl adjacent to an activating group) is 1. The van der Waals surface area contributed by atoms with Crippen LogP contribution in [-0.4, -0.2) is 43.1 Å². The van der Waals surface area contributed by atoms with E-state index in [9.17, 15) is 4.39 Å². The molecule has 0 unspecified atom stereocenters. The lowest BCUT2D eigenvalue weighted by molar-refractivity contribution is 0.112. The van der Waals surface area contributed by atoms with E-state index in [0.29, 0.717) is 13.2 Å². The summed E-state index contributed by atoms with van der Waals surface area (Å²) in [7, 11) is 4.12. The highest BCUT2D eigenvalue weighted by atomic mass is 19.1. The number of hydrogen-bond acceptors (Lipinski definition) is 3. The quantitative estimate of drug-likeness (QED) is 0.855. The zero-order valence-corrected chi connectivity index (χ0v) is 14.6. The highest BCUT2D eigenvalue weighted by molar-refractivity contribution is 5.37. The maximum atomic E-state index is 14.1. The predicted molar refractivity (Wildman–Crippen MR) is 94.7 cm³/mol. The van der Waals surface area contributed by atoms with Crippen molar-refractivity contribution in [1.29, 1.82) is 0 Å². The maximum Gasteiger partial charge on any atom is 0.127 e. The molecule has 1 atom stereocenters. The van der Waals surface area contributed by atoms with Crippen molar-refractivity contribution >= 4 is 0 Å². The van der Waals surface area contributed by atoms with Gasteiger partial charge in [-0.2, -0.15) is 0 Å². The van der Waals surface area contributed by atoms with Gasteiger partial charge in [-0.25, -0.2) is 4.39 Å². The number of benzene rings is 2. The first kappa shape index (κ1) is 16.9. The van der Waals surface area contributed by atoms with Gasteiger partial charge in [0.2, 0.25) is 0 Å². The molecule has 128 valence electrons. The number of rotatable bonds is 4. The second-order valence-corrected chi connectivity index (χ2v) is 6.83. The molecule has 0 radical (unpaired) electrons. The van der Waals surface area contributed by atoms with E-state index in [1.807, 2.05) is 18.2 Å². The van der Waals surface area contributed by atoms with Crippen LogP contribution in [0.4, 0.5) is 4.39 Å². The molecule has 0 amide bonds. The molecule has 24 heavy (non-hydrogen) atoms. The van der Waals surface area contributed by atoms with Gasteiger partial charge < -0.3 is 9.64 Å². The zero-order chi connectivity index (χ0) is 17.1. The standard InChI is InChI=1S/C20H25FN2O/c1-15-8-9-20-17(10-15)12-23(18(14-24-20)13-22(2)3)11-16-6-4-5-7-19(16)21/h4-10,18H,11-14H2,1-3H3/t18-/m0/s1. The SMILES string of the molecule is Cc1ccc2c(c1)CN(Cc1ccccc1F)[C@@H](CN(C)C)CO2. The van der Waals surface area contributed by atoms with E-state index in [2.05, 4.69) is 43.0 Å². The van der Waals surface area contributed by atoms with Crippen molar-refractivity contribution in [3.63, 3.8) is 0 Å². The van der Waals surface area contributed by atoms with Crippen LogP contribution in [0.1, 0.15) is 16.7 Å². The van der Waals surface area contributed by atoms with E-state index in [4.69, 9.17) is 4.74 Å². The van der Waals surface area contributed by atoms with Crippen molar-refractivity contribution in [1.82, 2.24) is 9.80 Å². The highest BCUT2D eigenvalue weighted by Gasteiger charge is 2.26. The summed E-state index contributed by atoms with van der Waals surface area (Å²) in [5, 5.41) is 0. The molecule has 2 aromatic carbocycles. The molecule has 0 bridgehead atoms. The van der Waals surface area contributed by atoms with E-state index in [-0.39, 0.29) is 11.9 Å². The van der Waals surface area contributed by atoms with Crippen LogP contribution in [0.25, 0.3) is 0 Å². The Morgan fingerprint density at radius 2 is 2.00 bits per heavy atom. The summed E-state index contributed by atoms with van der Waals surface area (Å²) in [6.07, 6.45) is 0. The Kier molecular flexibility index (Phi) is 5.17. The van der Waals surface area contributed by atoms with Crippen LogP contribution < -0.4 is 4.74 Å². The van der Waals surface area contributed by atoms with Crippen LogP contribution in [0.5, 0.6) is 5.75 Å². The second kappa shape index (κ2) is 7.32. The number of aryl methyl sites for hydroxylation is 1. The normalized spacial score (nSPS) is 18.1. The fraction of sp³-hybridized carbons (Fsp3) is 0.400. The molecule has 0 spiro atoms. The minimum Gasteiger partial charge on any atom is -0.492 e. The van der Waals surface area contributed by atoms with Crippen molar-refractivity contribution in [3.05, 3.63) is 65.0 Å². The van der Waals surface area contributed by atoms with E-state index in [1.165, 1.54) is 17.2 Å². The monoisotopic (exact) mass is 328 g/mol. The fourth-order valence-electron chi connectivity index (χ4n) is 3.23. The summed E-state index contributed by atoms with van der Waals surface area (Å²) in [6.45, 7) is 4.93. The third-order valence-electron chi connectivity index (χ3n) is 4.44. The first-order valence-electron chi connectivity index (χ1n) is 8.37. The molecular weight excluding hydrogens is 303 g/mol. The van der Waals surface area contributed by atoms with Crippen LogP contribution in [0.3, 0.4) is 0 Å². The van der Waals surface area contributed by atoms with Gasteiger partial charge in [0.25, 0.3) is 0 Å². The van der Waals surface area contributed by atoms with E-state index < -0.39 is 0 Å². The Morgan fingerprint density at radius 3 is 2.75 bits per heavy atom. The number of halogens is 1. The van der Waals surface area contributed by atoms with Crippen molar-refractivity contribution < 1.29 is 9.13 Å². The van der Waals surface area contributed by atoms with Gasteiger partial charge in [0.1, 0.15) is 18.2 Å². The molecule has 4 heteroatoms. The van der Waals surface area contributed by atoms with Crippen LogP contribution in [0, 0.1) is 12.7 Å². The fourth-order valence-corrected chi connectivity index (χ4v) is 3.23. The predicted octanol–water partition coefficient (Wildman–Crippen LogP) is 3.46. The summed E-state index contributed by atoms with van der Waals surface area (Å²) >= 11 is 0. The summed E-state index contributed by atoms with van der Waals surface area (Å²) in [6, 6.07) is 13.5. The lowest BCUT2D eigenvalue weighted by Crippen LogP contribution is -2.43. The van der Waals surface area contributed by atoms with E-state index in [1.54, 1.807) is 6.07 Å². The molecule has 0 aliphatic carbocycles. The molecule has 0 N–H and O–H groups in total. The molecule has 3 nitrogen and oxygen atoms in total. The van der Waals surface area contributed by atoms with Gasteiger partial charge in [0.15, 0.2) is 0 Å². The van der Waals surface area contributed by atoms with Crippen molar-refractivity contribution in [2.75, 3.05) is 27.2 Å². The summed E-state index contributed by atoms with van der Waals surface area (Å²) < 4.78 is 20.2. The van der Waals surface area contributed by atoms with Crippen LogP contribution in [0.15, 0.2) is 42.5 Å². The van der Waals surface area contributed by atoms with Gasteiger partial charge in [-0.3, -0.25) is 4.90 Å². The van der Waals surface area contributed by atoms with Gasteiger partial charge in [0, 0.05) is 30.8 Å².